The van der Waals surface area contributed by atoms with Crippen LogP contribution in [-0.4, -0.2) is 28.6 Å². The van der Waals surface area contributed by atoms with Crippen LogP contribution >= 0.6 is 0 Å². The van der Waals surface area contributed by atoms with Crippen molar-refractivity contribution in [2.75, 3.05) is 0 Å². The zero-order valence-electron chi connectivity index (χ0n) is 14.8. The Morgan fingerprint density at radius 1 is 0.773 bits per heavy atom. The minimum atomic E-state index is -1.77. The lowest BCUT2D eigenvalue weighted by Crippen LogP contribution is -2.28. The number of rotatable bonds is 9. The summed E-state index contributed by atoms with van der Waals surface area (Å²) in [4.78, 5) is 23.0. The van der Waals surface area contributed by atoms with Crippen LogP contribution in [0.15, 0.2) is 24.3 Å². The molecular weight excluding hydrogens is 312 g/mol. The predicted octanol–water partition coefficient (Wildman–Crippen LogP) is 4.42. The Kier molecular flexibility index (Phi) is 9.28. The molecule has 0 radical (unpaired) electrons. The van der Waals surface area contributed by atoms with Crippen molar-refractivity contribution in [2.24, 2.45) is 0 Å². The topological polar surface area (TPSA) is 52.6 Å². The summed E-state index contributed by atoms with van der Waals surface area (Å²) in [6.07, 6.45) is 9.90. The second-order valence-electron chi connectivity index (χ2n) is 7.09. The molecule has 0 N–H and O–H groups in total. The van der Waals surface area contributed by atoms with Crippen LogP contribution in [0.4, 0.5) is 0 Å². The molecule has 22 heavy (non-hydrogen) atoms. The molecule has 0 saturated heterocycles. The highest BCUT2D eigenvalue weighted by atomic mass is 28.4. The van der Waals surface area contributed by atoms with Gasteiger partial charge >= 0.3 is 0 Å². The van der Waals surface area contributed by atoms with E-state index >= 15 is 0 Å². The molecule has 0 aliphatic rings. The first kappa shape index (κ1) is 20.9. The van der Waals surface area contributed by atoms with Crippen LogP contribution < -0.4 is 0 Å². The van der Waals surface area contributed by atoms with Crippen molar-refractivity contribution < 1.29 is 18.4 Å². The molecule has 4 nitrogen and oxygen atoms in total. The van der Waals surface area contributed by atoms with E-state index in [0.29, 0.717) is 19.3 Å². The van der Waals surface area contributed by atoms with E-state index in [1.807, 2.05) is 63.6 Å². The maximum Gasteiger partial charge on any atom is 0.296 e. The summed E-state index contributed by atoms with van der Waals surface area (Å²) in [5, 5.41) is 0. The Morgan fingerprint density at radius 3 is 1.82 bits per heavy atom. The summed E-state index contributed by atoms with van der Waals surface area (Å²) in [6, 6.07) is 0. The van der Waals surface area contributed by atoms with Gasteiger partial charge in [-0.05, 0) is 52.1 Å². The van der Waals surface area contributed by atoms with Crippen LogP contribution in [0.1, 0.15) is 25.7 Å². The zero-order chi connectivity index (χ0) is 17.2. The van der Waals surface area contributed by atoms with Gasteiger partial charge in [0.1, 0.15) is 0 Å². The van der Waals surface area contributed by atoms with Crippen molar-refractivity contribution in [1.29, 1.82) is 0 Å². The van der Waals surface area contributed by atoms with Crippen LogP contribution in [0, 0.1) is 0 Å². The summed E-state index contributed by atoms with van der Waals surface area (Å²) in [5.74, 6) is -0.276. The standard InChI is InChI=1S/C16H30O4Si2/c1-21(2,3)19-15(17)13-11-9-7-8-10-12-14-16(18)20-22(4,5)6/h7,9-10,12H,8,11,13-14H2,1-6H3/b9-7-,12-10-. The highest BCUT2D eigenvalue weighted by molar-refractivity contribution is 6.71. The highest BCUT2D eigenvalue weighted by Crippen LogP contribution is 2.07. The normalized spacial score (nSPS) is 12.8. The molecule has 6 heteroatoms. The predicted molar refractivity (Wildman–Crippen MR) is 95.6 cm³/mol. The van der Waals surface area contributed by atoms with E-state index in [9.17, 15) is 9.59 Å². The van der Waals surface area contributed by atoms with Crippen LogP contribution in [0.2, 0.25) is 39.3 Å². The highest BCUT2D eigenvalue weighted by Gasteiger charge is 2.19. The fraction of sp³-hybridized carbons (Fsp3) is 0.625. The second kappa shape index (κ2) is 9.79. The van der Waals surface area contributed by atoms with E-state index in [2.05, 4.69) is 0 Å². The molecule has 0 amide bonds. The second-order valence-corrected chi connectivity index (χ2v) is 16.0. The maximum absolute atomic E-state index is 11.5. The van der Waals surface area contributed by atoms with Gasteiger partial charge < -0.3 is 8.85 Å². The molecule has 0 aliphatic heterocycles. The molecule has 0 heterocycles. The molecule has 0 bridgehead atoms. The fourth-order valence-corrected chi connectivity index (χ4v) is 3.10. The van der Waals surface area contributed by atoms with E-state index in [4.69, 9.17) is 8.85 Å². The Bertz CT molecular complexity index is 415. The molecule has 0 aromatic heterocycles. The Hall–Kier alpha value is -1.15. The Balaban J connectivity index is 3.77. The van der Waals surface area contributed by atoms with Gasteiger partial charge in [0.2, 0.25) is 16.6 Å². The molecule has 0 atom stereocenters. The van der Waals surface area contributed by atoms with Gasteiger partial charge in [0, 0.05) is 6.42 Å². The number of hydrogen-bond donors (Lipinski definition) is 0. The largest absolute Gasteiger partial charge is 0.520 e. The van der Waals surface area contributed by atoms with Gasteiger partial charge in [-0.1, -0.05) is 24.3 Å². The Labute approximate surface area is 136 Å². The first-order chi connectivity index (χ1) is 9.99. The van der Waals surface area contributed by atoms with E-state index in [-0.39, 0.29) is 11.9 Å². The molecular formula is C16H30O4Si2. The van der Waals surface area contributed by atoms with Crippen LogP contribution in [-0.2, 0) is 18.4 Å². The first-order valence-corrected chi connectivity index (χ1v) is 14.5. The molecule has 0 aliphatic carbocycles. The monoisotopic (exact) mass is 342 g/mol. The molecule has 0 saturated carbocycles. The van der Waals surface area contributed by atoms with Crippen LogP contribution in [0.5, 0.6) is 0 Å². The van der Waals surface area contributed by atoms with Gasteiger partial charge in [0.05, 0.1) is 6.42 Å². The average molecular weight is 343 g/mol. The molecule has 0 unspecified atom stereocenters. The van der Waals surface area contributed by atoms with Gasteiger partial charge in [-0.15, -0.1) is 0 Å². The third-order valence-corrected chi connectivity index (χ3v) is 3.93. The minimum absolute atomic E-state index is 0.117. The van der Waals surface area contributed by atoms with Crippen molar-refractivity contribution in [2.45, 2.75) is 65.0 Å². The number of carbonyl (C=O) groups is 2. The van der Waals surface area contributed by atoms with E-state index in [1.54, 1.807) is 0 Å². The summed E-state index contributed by atoms with van der Waals surface area (Å²) >= 11 is 0. The molecule has 0 spiro atoms. The zero-order valence-corrected chi connectivity index (χ0v) is 16.8. The third-order valence-electron chi connectivity index (χ3n) is 2.25. The summed E-state index contributed by atoms with van der Waals surface area (Å²) in [7, 11) is -3.53. The molecule has 0 rings (SSSR count). The van der Waals surface area contributed by atoms with Crippen molar-refractivity contribution in [1.82, 2.24) is 0 Å². The van der Waals surface area contributed by atoms with E-state index < -0.39 is 16.6 Å². The van der Waals surface area contributed by atoms with Crippen molar-refractivity contribution in [3.63, 3.8) is 0 Å². The molecule has 126 valence electrons. The van der Waals surface area contributed by atoms with Crippen molar-refractivity contribution in [3.8, 4) is 0 Å². The fourth-order valence-electron chi connectivity index (χ4n) is 1.55. The SMILES string of the molecule is C[Si](C)(C)OC(=O)C/C=C\C/C=C\CCC(=O)O[Si](C)(C)C. The lowest BCUT2D eigenvalue weighted by atomic mass is 10.2. The van der Waals surface area contributed by atoms with Gasteiger partial charge in [-0.25, -0.2) is 0 Å². The van der Waals surface area contributed by atoms with E-state index in [1.165, 1.54) is 0 Å². The van der Waals surface area contributed by atoms with E-state index in [0.717, 1.165) is 6.42 Å². The number of carbonyl (C=O) groups excluding carboxylic acids is 2. The summed E-state index contributed by atoms with van der Waals surface area (Å²) in [6.45, 7) is 12.0. The van der Waals surface area contributed by atoms with Gasteiger partial charge in [-0.3, -0.25) is 9.59 Å². The van der Waals surface area contributed by atoms with Crippen molar-refractivity contribution in [3.05, 3.63) is 24.3 Å². The maximum atomic E-state index is 11.5. The van der Waals surface area contributed by atoms with Crippen LogP contribution in [0.25, 0.3) is 0 Å². The first-order valence-electron chi connectivity index (χ1n) is 7.73. The third kappa shape index (κ3) is 15.2. The Morgan fingerprint density at radius 2 is 1.27 bits per heavy atom. The minimum Gasteiger partial charge on any atom is -0.520 e. The van der Waals surface area contributed by atoms with Crippen molar-refractivity contribution >= 4 is 28.6 Å². The lowest BCUT2D eigenvalue weighted by molar-refractivity contribution is -0.135. The van der Waals surface area contributed by atoms with Gasteiger partial charge in [0.25, 0.3) is 11.9 Å². The van der Waals surface area contributed by atoms with Gasteiger partial charge in [-0.2, -0.15) is 0 Å². The average Bonchev–Trinajstić information content (AvgIpc) is 2.27. The smallest absolute Gasteiger partial charge is 0.296 e. The molecule has 0 aromatic carbocycles. The quantitative estimate of drug-likeness (QED) is 0.460. The number of allylic oxidation sites excluding steroid dienone is 3. The van der Waals surface area contributed by atoms with Crippen LogP contribution in [0.3, 0.4) is 0 Å². The number of hydrogen-bond acceptors (Lipinski definition) is 4. The van der Waals surface area contributed by atoms with Gasteiger partial charge in [0.15, 0.2) is 0 Å². The summed E-state index contributed by atoms with van der Waals surface area (Å²) in [5.41, 5.74) is 0. The molecule has 0 fully saturated rings. The molecule has 0 aromatic rings. The lowest BCUT2D eigenvalue weighted by Gasteiger charge is -2.16. The summed E-state index contributed by atoms with van der Waals surface area (Å²) < 4.78 is 10.7.